The standard InChI is InChI=1S/C15H18N2O2/c1-9(17-19)10-4-2-5-11(8-10)16-15(18)14-12-6-3-7-13(12)14/h2,4-5,8,12-14,19H,3,6-7H2,1H3,(H,16,18)/b17-9-. The van der Waals surface area contributed by atoms with Crippen molar-refractivity contribution in [3.8, 4) is 0 Å². The molecular weight excluding hydrogens is 240 g/mol. The lowest BCUT2D eigenvalue weighted by Gasteiger charge is -2.08. The summed E-state index contributed by atoms with van der Waals surface area (Å²) in [5.41, 5.74) is 2.13. The third kappa shape index (κ3) is 2.23. The molecule has 4 heteroatoms. The molecule has 2 fully saturated rings. The van der Waals surface area contributed by atoms with E-state index in [-0.39, 0.29) is 11.8 Å². The molecule has 0 radical (unpaired) electrons. The summed E-state index contributed by atoms with van der Waals surface area (Å²) in [4.78, 5) is 12.1. The summed E-state index contributed by atoms with van der Waals surface area (Å²) in [6.45, 7) is 1.73. The Balaban J connectivity index is 1.68. The number of hydrogen-bond acceptors (Lipinski definition) is 3. The van der Waals surface area contributed by atoms with Crippen LogP contribution in [0.15, 0.2) is 29.4 Å². The van der Waals surface area contributed by atoms with Crippen LogP contribution in [-0.2, 0) is 4.79 Å². The van der Waals surface area contributed by atoms with Crippen LogP contribution in [0.1, 0.15) is 31.7 Å². The van der Waals surface area contributed by atoms with Crippen LogP contribution < -0.4 is 5.32 Å². The lowest BCUT2D eigenvalue weighted by Crippen LogP contribution is -2.16. The van der Waals surface area contributed by atoms with Crippen molar-refractivity contribution in [1.82, 2.24) is 0 Å². The van der Waals surface area contributed by atoms with Crippen LogP contribution in [0.25, 0.3) is 0 Å². The molecule has 2 saturated carbocycles. The van der Waals surface area contributed by atoms with Crippen LogP contribution in [0.3, 0.4) is 0 Å². The fourth-order valence-corrected chi connectivity index (χ4v) is 3.32. The zero-order chi connectivity index (χ0) is 13.4. The third-order valence-corrected chi connectivity index (χ3v) is 4.41. The van der Waals surface area contributed by atoms with Gasteiger partial charge in [0, 0.05) is 17.2 Å². The van der Waals surface area contributed by atoms with E-state index in [1.54, 1.807) is 6.92 Å². The lowest BCUT2D eigenvalue weighted by atomic mass is 10.1. The summed E-state index contributed by atoms with van der Waals surface area (Å²) in [5.74, 6) is 1.63. The van der Waals surface area contributed by atoms with Crippen molar-refractivity contribution in [2.45, 2.75) is 26.2 Å². The van der Waals surface area contributed by atoms with E-state index in [0.29, 0.717) is 17.5 Å². The average Bonchev–Trinajstić information content (AvgIpc) is 2.92. The van der Waals surface area contributed by atoms with Gasteiger partial charge in [-0.05, 0) is 43.7 Å². The zero-order valence-electron chi connectivity index (χ0n) is 11.0. The maximum atomic E-state index is 12.1. The van der Waals surface area contributed by atoms with E-state index < -0.39 is 0 Å². The summed E-state index contributed by atoms with van der Waals surface area (Å²) in [5, 5.41) is 14.9. The number of benzene rings is 1. The fraction of sp³-hybridized carbons (Fsp3) is 0.467. The number of fused-ring (bicyclic) bond motifs is 1. The lowest BCUT2D eigenvalue weighted by molar-refractivity contribution is -0.118. The van der Waals surface area contributed by atoms with E-state index in [1.165, 1.54) is 19.3 Å². The number of oxime groups is 1. The predicted octanol–water partition coefficient (Wildman–Crippen LogP) is 2.87. The predicted molar refractivity (Wildman–Crippen MR) is 73.4 cm³/mol. The highest BCUT2D eigenvalue weighted by Gasteiger charge is 2.56. The van der Waals surface area contributed by atoms with Gasteiger partial charge in [-0.2, -0.15) is 0 Å². The zero-order valence-corrected chi connectivity index (χ0v) is 11.0. The van der Waals surface area contributed by atoms with Crippen LogP contribution in [0.5, 0.6) is 0 Å². The Morgan fingerprint density at radius 3 is 2.79 bits per heavy atom. The van der Waals surface area contributed by atoms with Crippen LogP contribution in [0.2, 0.25) is 0 Å². The first-order valence-electron chi connectivity index (χ1n) is 6.80. The van der Waals surface area contributed by atoms with Crippen LogP contribution in [0, 0.1) is 17.8 Å². The number of anilines is 1. The molecule has 0 aliphatic heterocycles. The van der Waals surface area contributed by atoms with E-state index in [0.717, 1.165) is 11.3 Å². The molecule has 0 spiro atoms. The van der Waals surface area contributed by atoms with Crippen LogP contribution >= 0.6 is 0 Å². The van der Waals surface area contributed by atoms with Crippen molar-refractivity contribution in [1.29, 1.82) is 0 Å². The van der Waals surface area contributed by atoms with Gasteiger partial charge in [0.2, 0.25) is 5.91 Å². The first-order valence-corrected chi connectivity index (χ1v) is 6.80. The molecule has 100 valence electrons. The molecule has 2 aliphatic rings. The Bertz CT molecular complexity index is 529. The smallest absolute Gasteiger partial charge is 0.228 e. The molecule has 1 amide bonds. The Hall–Kier alpha value is -1.84. The molecule has 3 rings (SSSR count). The van der Waals surface area contributed by atoms with Crippen molar-refractivity contribution in [2.75, 3.05) is 5.32 Å². The second kappa shape index (κ2) is 4.68. The van der Waals surface area contributed by atoms with Gasteiger partial charge < -0.3 is 10.5 Å². The number of rotatable bonds is 3. The molecule has 4 nitrogen and oxygen atoms in total. The van der Waals surface area contributed by atoms with E-state index >= 15 is 0 Å². The highest BCUT2D eigenvalue weighted by Crippen LogP contribution is 2.57. The van der Waals surface area contributed by atoms with Crippen LogP contribution in [-0.4, -0.2) is 16.8 Å². The highest BCUT2D eigenvalue weighted by atomic mass is 16.4. The maximum Gasteiger partial charge on any atom is 0.228 e. The molecule has 0 heterocycles. The highest BCUT2D eigenvalue weighted by molar-refractivity contribution is 6.00. The molecule has 2 N–H and O–H groups in total. The van der Waals surface area contributed by atoms with Gasteiger partial charge in [-0.25, -0.2) is 0 Å². The second-order valence-electron chi connectivity index (χ2n) is 5.54. The van der Waals surface area contributed by atoms with Gasteiger partial charge in [-0.15, -0.1) is 0 Å². The summed E-state index contributed by atoms with van der Waals surface area (Å²) in [7, 11) is 0. The van der Waals surface area contributed by atoms with E-state index in [2.05, 4.69) is 10.5 Å². The van der Waals surface area contributed by atoms with Gasteiger partial charge in [0.05, 0.1) is 5.71 Å². The summed E-state index contributed by atoms with van der Waals surface area (Å²) in [6.07, 6.45) is 3.69. The summed E-state index contributed by atoms with van der Waals surface area (Å²) < 4.78 is 0. The molecule has 1 aromatic carbocycles. The van der Waals surface area contributed by atoms with Crippen molar-refractivity contribution < 1.29 is 10.0 Å². The van der Waals surface area contributed by atoms with Crippen molar-refractivity contribution in [3.05, 3.63) is 29.8 Å². The normalized spacial score (nSPS) is 28.9. The number of carbonyl (C=O) groups excluding carboxylic acids is 1. The van der Waals surface area contributed by atoms with Crippen molar-refractivity contribution in [2.24, 2.45) is 22.9 Å². The van der Waals surface area contributed by atoms with Gasteiger partial charge in [0.1, 0.15) is 0 Å². The molecule has 2 atom stereocenters. The van der Waals surface area contributed by atoms with Gasteiger partial charge in [0.15, 0.2) is 0 Å². The SMILES string of the molecule is C/C(=N/O)c1cccc(NC(=O)C2C3CCCC32)c1. The maximum absolute atomic E-state index is 12.1. The van der Waals surface area contributed by atoms with Gasteiger partial charge >= 0.3 is 0 Å². The molecule has 0 aromatic heterocycles. The minimum atomic E-state index is 0.144. The number of hydrogen-bond donors (Lipinski definition) is 2. The van der Waals surface area contributed by atoms with E-state index in [1.807, 2.05) is 24.3 Å². The first-order chi connectivity index (χ1) is 9.20. The Morgan fingerprint density at radius 2 is 2.11 bits per heavy atom. The molecule has 2 aliphatic carbocycles. The topological polar surface area (TPSA) is 61.7 Å². The summed E-state index contributed by atoms with van der Waals surface area (Å²) in [6, 6.07) is 7.42. The number of carbonyl (C=O) groups is 1. The fourth-order valence-electron chi connectivity index (χ4n) is 3.32. The van der Waals surface area contributed by atoms with Gasteiger partial charge in [-0.1, -0.05) is 23.7 Å². The molecule has 2 unspecified atom stereocenters. The van der Waals surface area contributed by atoms with Crippen LogP contribution in [0.4, 0.5) is 5.69 Å². The quantitative estimate of drug-likeness (QED) is 0.497. The third-order valence-electron chi connectivity index (χ3n) is 4.41. The Kier molecular flexibility index (Phi) is 3.01. The van der Waals surface area contributed by atoms with Gasteiger partial charge in [-0.3, -0.25) is 4.79 Å². The molecule has 1 aromatic rings. The monoisotopic (exact) mass is 258 g/mol. The number of nitrogens with zero attached hydrogens (tertiary/aromatic N) is 1. The van der Waals surface area contributed by atoms with Crippen molar-refractivity contribution >= 4 is 17.3 Å². The van der Waals surface area contributed by atoms with Crippen molar-refractivity contribution in [3.63, 3.8) is 0 Å². The van der Waals surface area contributed by atoms with E-state index in [9.17, 15) is 4.79 Å². The largest absolute Gasteiger partial charge is 0.411 e. The molecule has 0 saturated heterocycles. The molecule has 19 heavy (non-hydrogen) atoms. The number of nitrogens with one attached hydrogen (secondary N) is 1. The molecule has 0 bridgehead atoms. The minimum absolute atomic E-state index is 0.144. The second-order valence-corrected chi connectivity index (χ2v) is 5.54. The Morgan fingerprint density at radius 1 is 1.37 bits per heavy atom. The molecular formula is C15H18N2O2. The Labute approximate surface area is 112 Å². The first kappa shape index (κ1) is 12.2. The minimum Gasteiger partial charge on any atom is -0.411 e. The average molecular weight is 258 g/mol. The number of amides is 1. The van der Waals surface area contributed by atoms with Gasteiger partial charge in [0.25, 0.3) is 0 Å². The summed E-state index contributed by atoms with van der Waals surface area (Å²) >= 11 is 0. The van der Waals surface area contributed by atoms with E-state index in [4.69, 9.17) is 5.21 Å².